The summed E-state index contributed by atoms with van der Waals surface area (Å²) < 4.78 is 1.02. The molecule has 2 atom stereocenters. The van der Waals surface area contributed by atoms with Crippen molar-refractivity contribution in [3.63, 3.8) is 0 Å². The van der Waals surface area contributed by atoms with E-state index in [1.807, 2.05) is 0 Å². The quantitative estimate of drug-likeness (QED) is 0.488. The van der Waals surface area contributed by atoms with Crippen molar-refractivity contribution in [2.45, 2.75) is 19.1 Å². The second-order valence-electron chi connectivity index (χ2n) is 3.92. The summed E-state index contributed by atoms with van der Waals surface area (Å²) >= 11 is 0. The van der Waals surface area contributed by atoms with Gasteiger partial charge < -0.3 is 25.6 Å². The molecule has 1 aromatic heterocycles. The van der Waals surface area contributed by atoms with Crippen molar-refractivity contribution in [1.29, 1.82) is 0 Å². The van der Waals surface area contributed by atoms with Crippen molar-refractivity contribution in [1.82, 2.24) is 9.88 Å². The molecule has 0 aliphatic carbocycles. The summed E-state index contributed by atoms with van der Waals surface area (Å²) in [5, 5.41) is 30.8. The molecule has 0 aliphatic heterocycles. The first-order chi connectivity index (χ1) is 8.75. The highest BCUT2D eigenvalue weighted by atomic mass is 16.6. The van der Waals surface area contributed by atoms with Gasteiger partial charge in [-0.05, 0) is 17.9 Å². The third kappa shape index (κ3) is 3.07. The van der Waals surface area contributed by atoms with Crippen LogP contribution in [0.25, 0.3) is 0 Å². The van der Waals surface area contributed by atoms with Crippen molar-refractivity contribution in [2.24, 2.45) is 7.05 Å². The zero-order valence-electron chi connectivity index (χ0n) is 10.2. The number of carboxylic acid groups (broad SMARTS) is 1. The molecule has 1 rings (SSSR count). The molecule has 9 nitrogen and oxygen atoms in total. The van der Waals surface area contributed by atoms with Crippen molar-refractivity contribution in [2.75, 3.05) is 0 Å². The molecule has 0 aromatic carbocycles. The first kappa shape index (κ1) is 14.6. The number of amides is 1. The fourth-order valence-corrected chi connectivity index (χ4v) is 1.52. The summed E-state index contributed by atoms with van der Waals surface area (Å²) in [5.74, 6) is -2.51. The summed E-state index contributed by atoms with van der Waals surface area (Å²) in [6.07, 6.45) is -1.29. The summed E-state index contributed by atoms with van der Waals surface area (Å²) in [6.45, 7) is 1.21. The van der Waals surface area contributed by atoms with E-state index in [1.54, 1.807) is 0 Å². The topological polar surface area (TPSA) is 135 Å². The molecule has 0 saturated carbocycles. The fourth-order valence-electron chi connectivity index (χ4n) is 1.52. The third-order valence-corrected chi connectivity index (χ3v) is 2.55. The van der Waals surface area contributed by atoms with E-state index in [-0.39, 0.29) is 11.5 Å². The number of aromatic nitrogens is 1. The molecular formula is C10H13N3O6. The number of hydrogen-bond acceptors (Lipinski definition) is 5. The Hall–Kier alpha value is -2.42. The third-order valence-electron chi connectivity index (χ3n) is 2.55. The Morgan fingerprint density at radius 2 is 2.05 bits per heavy atom. The number of nitro groups is 1. The van der Waals surface area contributed by atoms with Gasteiger partial charge in [0.2, 0.25) is 0 Å². The van der Waals surface area contributed by atoms with Crippen LogP contribution >= 0.6 is 0 Å². The Balaban J connectivity index is 2.95. The van der Waals surface area contributed by atoms with Gasteiger partial charge in [0.05, 0.1) is 13.2 Å². The van der Waals surface area contributed by atoms with Crippen LogP contribution in [0.5, 0.6) is 0 Å². The van der Waals surface area contributed by atoms with Crippen molar-refractivity contribution >= 4 is 17.7 Å². The van der Waals surface area contributed by atoms with E-state index in [4.69, 9.17) is 5.11 Å². The van der Waals surface area contributed by atoms with Crippen molar-refractivity contribution in [3.8, 4) is 0 Å². The zero-order valence-corrected chi connectivity index (χ0v) is 10.2. The minimum absolute atomic E-state index is 0.0707. The molecule has 9 heteroatoms. The number of rotatable bonds is 5. The van der Waals surface area contributed by atoms with E-state index in [0.29, 0.717) is 0 Å². The number of hydrogen-bond donors (Lipinski definition) is 3. The van der Waals surface area contributed by atoms with Gasteiger partial charge >= 0.3 is 11.8 Å². The standard InChI is InChI=1S/C10H13N3O6/c1-5(14)8(10(16)17)11-9(15)6-3-4-7(12(6)2)13(18)19/h3-5,8,14H,1-2H3,(H,11,15)(H,16,17). The molecule has 0 fully saturated rings. The van der Waals surface area contributed by atoms with Crippen molar-refractivity contribution < 1.29 is 24.7 Å². The van der Waals surface area contributed by atoms with E-state index in [2.05, 4.69) is 5.32 Å². The highest BCUT2D eigenvalue weighted by Crippen LogP contribution is 2.15. The Morgan fingerprint density at radius 1 is 1.47 bits per heavy atom. The normalized spacial score (nSPS) is 13.6. The molecule has 19 heavy (non-hydrogen) atoms. The van der Waals surface area contributed by atoms with Gasteiger partial charge in [0.1, 0.15) is 0 Å². The molecule has 1 amide bonds. The molecule has 0 spiro atoms. The van der Waals surface area contributed by atoms with Crippen LogP contribution in [0.2, 0.25) is 0 Å². The predicted octanol–water partition coefficient (Wildman–Crippen LogP) is -0.503. The Kier molecular flexibility index (Phi) is 4.22. The molecule has 0 radical (unpaired) electrons. The second-order valence-corrected chi connectivity index (χ2v) is 3.92. The van der Waals surface area contributed by atoms with E-state index in [1.165, 1.54) is 20.0 Å². The van der Waals surface area contributed by atoms with Crippen LogP contribution < -0.4 is 5.32 Å². The number of aliphatic hydroxyl groups excluding tert-OH is 1. The lowest BCUT2D eigenvalue weighted by atomic mass is 10.2. The average molecular weight is 271 g/mol. The monoisotopic (exact) mass is 271 g/mol. The minimum Gasteiger partial charge on any atom is -0.480 e. The van der Waals surface area contributed by atoms with Gasteiger partial charge in [-0.1, -0.05) is 0 Å². The van der Waals surface area contributed by atoms with Crippen LogP contribution in [0.4, 0.5) is 5.82 Å². The molecular weight excluding hydrogens is 258 g/mol. The number of nitrogens with zero attached hydrogens (tertiary/aromatic N) is 2. The average Bonchev–Trinajstić information content (AvgIpc) is 2.66. The maximum atomic E-state index is 11.8. The predicted molar refractivity (Wildman–Crippen MR) is 62.6 cm³/mol. The number of aliphatic hydroxyl groups is 1. The van der Waals surface area contributed by atoms with Gasteiger partial charge in [-0.3, -0.25) is 4.79 Å². The van der Waals surface area contributed by atoms with Gasteiger partial charge in [-0.2, -0.15) is 0 Å². The van der Waals surface area contributed by atoms with Crippen LogP contribution in [0.1, 0.15) is 17.4 Å². The lowest BCUT2D eigenvalue weighted by Gasteiger charge is -2.16. The number of nitrogens with one attached hydrogen (secondary N) is 1. The van der Waals surface area contributed by atoms with Crippen molar-refractivity contribution in [3.05, 3.63) is 27.9 Å². The second kappa shape index (κ2) is 5.48. The van der Waals surface area contributed by atoms with Gasteiger partial charge in [0, 0.05) is 6.07 Å². The summed E-state index contributed by atoms with van der Waals surface area (Å²) in [4.78, 5) is 32.6. The maximum absolute atomic E-state index is 11.8. The van der Waals surface area contributed by atoms with Crippen LogP contribution in [0.3, 0.4) is 0 Å². The summed E-state index contributed by atoms with van der Waals surface area (Å²) in [5.41, 5.74) is -0.0707. The van der Waals surface area contributed by atoms with E-state index in [9.17, 15) is 24.8 Å². The molecule has 0 bridgehead atoms. The number of aliphatic carboxylic acids is 1. The molecule has 3 N–H and O–H groups in total. The highest BCUT2D eigenvalue weighted by Gasteiger charge is 2.28. The Morgan fingerprint density at radius 3 is 2.42 bits per heavy atom. The molecule has 1 heterocycles. The fraction of sp³-hybridized carbons (Fsp3) is 0.400. The van der Waals surface area contributed by atoms with Gasteiger partial charge in [-0.25, -0.2) is 9.36 Å². The highest BCUT2D eigenvalue weighted by molar-refractivity contribution is 5.95. The van der Waals surface area contributed by atoms with Gasteiger partial charge in [0.25, 0.3) is 5.91 Å². The Labute approximate surface area is 107 Å². The molecule has 0 saturated heterocycles. The largest absolute Gasteiger partial charge is 0.480 e. The lowest BCUT2D eigenvalue weighted by Crippen LogP contribution is -2.48. The molecule has 0 aliphatic rings. The van der Waals surface area contributed by atoms with Gasteiger partial charge in [-0.15, -0.1) is 0 Å². The SMILES string of the molecule is CC(O)C(NC(=O)c1ccc([N+](=O)[O-])n1C)C(=O)O. The first-order valence-electron chi connectivity index (χ1n) is 5.27. The van der Waals surface area contributed by atoms with Gasteiger partial charge in [0.15, 0.2) is 11.7 Å². The molecule has 2 unspecified atom stereocenters. The maximum Gasteiger partial charge on any atom is 0.328 e. The molecule has 104 valence electrons. The first-order valence-corrected chi connectivity index (χ1v) is 5.27. The molecule has 1 aromatic rings. The van der Waals surface area contributed by atoms with E-state index < -0.39 is 28.9 Å². The summed E-state index contributed by atoms with van der Waals surface area (Å²) in [7, 11) is 1.31. The zero-order chi connectivity index (χ0) is 14.7. The number of carboxylic acids is 1. The number of carbonyl (C=O) groups excluding carboxylic acids is 1. The van der Waals surface area contributed by atoms with Crippen LogP contribution in [0.15, 0.2) is 12.1 Å². The van der Waals surface area contributed by atoms with E-state index in [0.717, 1.165) is 10.6 Å². The van der Waals surface area contributed by atoms with E-state index >= 15 is 0 Å². The van der Waals surface area contributed by atoms with Crippen LogP contribution in [0, 0.1) is 10.1 Å². The number of carbonyl (C=O) groups is 2. The van der Waals surface area contributed by atoms with Crippen LogP contribution in [-0.4, -0.2) is 43.7 Å². The van der Waals surface area contributed by atoms with Crippen LogP contribution in [-0.2, 0) is 11.8 Å². The Bertz CT molecular complexity index is 521. The summed E-state index contributed by atoms with van der Waals surface area (Å²) in [6, 6.07) is 0.850. The lowest BCUT2D eigenvalue weighted by molar-refractivity contribution is -0.391. The smallest absolute Gasteiger partial charge is 0.328 e. The minimum atomic E-state index is -1.48.